The Morgan fingerprint density at radius 1 is 1.31 bits per heavy atom. The lowest BCUT2D eigenvalue weighted by Crippen LogP contribution is -2.25. The van der Waals surface area contributed by atoms with E-state index in [1.54, 1.807) is 0 Å². The molecule has 2 atom stereocenters. The summed E-state index contributed by atoms with van der Waals surface area (Å²) >= 11 is -2.09. The normalized spacial score (nSPS) is 22.3. The van der Waals surface area contributed by atoms with Gasteiger partial charge in [-0.1, -0.05) is 44.2 Å². The molecule has 0 aliphatic carbocycles. The van der Waals surface area contributed by atoms with Crippen molar-refractivity contribution in [3.05, 3.63) is 35.9 Å². The largest absolute Gasteiger partial charge is 0.760 e. The van der Waals surface area contributed by atoms with Crippen LogP contribution in [0.2, 0.25) is 0 Å². The van der Waals surface area contributed by atoms with Gasteiger partial charge in [-0.25, -0.2) is 4.31 Å². The third-order valence-electron chi connectivity index (χ3n) is 2.58. The van der Waals surface area contributed by atoms with Gasteiger partial charge in [0, 0.05) is 23.9 Å². The molecule has 0 amide bonds. The van der Waals surface area contributed by atoms with Crippen LogP contribution in [0.3, 0.4) is 0 Å². The molecule has 0 bridgehead atoms. The van der Waals surface area contributed by atoms with E-state index in [0.29, 0.717) is 6.54 Å². The lowest BCUT2D eigenvalue weighted by Gasteiger charge is -2.26. The van der Waals surface area contributed by atoms with Gasteiger partial charge in [-0.3, -0.25) is 4.21 Å². The second-order valence-electron chi connectivity index (χ2n) is 3.43. The lowest BCUT2D eigenvalue weighted by molar-refractivity contribution is 0.375. The van der Waals surface area contributed by atoms with Gasteiger partial charge in [0.2, 0.25) is 0 Å². The predicted molar refractivity (Wildman–Crippen MR) is 65.4 cm³/mol. The molecule has 1 unspecified atom stereocenters. The maximum atomic E-state index is 10.9. The molecule has 90 valence electrons. The fourth-order valence-electron chi connectivity index (χ4n) is 1.93. The van der Waals surface area contributed by atoms with E-state index in [9.17, 15) is 8.76 Å². The number of hydrogen-bond acceptors (Lipinski definition) is 2. The zero-order valence-electron chi connectivity index (χ0n) is 9.76. The minimum Gasteiger partial charge on any atom is -0.760 e. The van der Waals surface area contributed by atoms with Gasteiger partial charge in [-0.05, 0) is 18.4 Å². The highest BCUT2D eigenvalue weighted by Crippen LogP contribution is 2.32. The molecule has 4 heteroatoms. The van der Waals surface area contributed by atoms with E-state index in [0.717, 1.165) is 18.4 Å². The van der Waals surface area contributed by atoms with Gasteiger partial charge in [0.15, 0.2) is 0 Å². The predicted octanol–water partition coefficient (Wildman–Crippen LogP) is 2.64. The van der Waals surface area contributed by atoms with Crippen LogP contribution in [-0.2, 0) is 11.3 Å². The molecule has 0 spiro atoms. The highest BCUT2D eigenvalue weighted by molar-refractivity contribution is 7.76. The first-order valence-corrected chi connectivity index (χ1v) is 6.73. The molecule has 1 saturated heterocycles. The molecule has 16 heavy (non-hydrogen) atoms. The topological polar surface area (TPSA) is 43.4 Å². The molecule has 1 aromatic carbocycles. The van der Waals surface area contributed by atoms with Crippen LogP contribution in [0, 0.1) is 0 Å². The van der Waals surface area contributed by atoms with E-state index in [1.807, 2.05) is 44.2 Å². The van der Waals surface area contributed by atoms with E-state index < -0.39 is 11.3 Å². The fraction of sp³-hybridized carbons (Fsp3) is 0.500. The maximum Gasteiger partial charge on any atom is 0.0465 e. The highest BCUT2D eigenvalue weighted by atomic mass is 32.2. The SMILES string of the molecule is CC.O=S([O-])N1CCC[C@@H]1c1ccccc1. The van der Waals surface area contributed by atoms with Crippen molar-refractivity contribution in [2.75, 3.05) is 6.54 Å². The molecule has 3 nitrogen and oxygen atoms in total. The fourth-order valence-corrected chi connectivity index (χ4v) is 2.64. The van der Waals surface area contributed by atoms with Crippen molar-refractivity contribution >= 4 is 11.3 Å². The third kappa shape index (κ3) is 3.14. The van der Waals surface area contributed by atoms with E-state index in [2.05, 4.69) is 0 Å². The summed E-state index contributed by atoms with van der Waals surface area (Å²) in [6, 6.07) is 9.84. The van der Waals surface area contributed by atoms with Crippen LogP contribution < -0.4 is 0 Å². The van der Waals surface area contributed by atoms with Crippen molar-refractivity contribution in [2.24, 2.45) is 0 Å². The Balaban J connectivity index is 0.000000606. The molecular weight excluding hydrogens is 222 g/mol. The number of nitrogens with zero attached hydrogens (tertiary/aromatic N) is 1. The minimum atomic E-state index is -2.09. The number of rotatable bonds is 2. The van der Waals surface area contributed by atoms with Gasteiger partial charge >= 0.3 is 0 Å². The molecule has 0 aromatic heterocycles. The van der Waals surface area contributed by atoms with Gasteiger partial charge < -0.3 is 4.55 Å². The van der Waals surface area contributed by atoms with Gasteiger partial charge in [0.25, 0.3) is 0 Å². The van der Waals surface area contributed by atoms with Crippen LogP contribution in [0.4, 0.5) is 0 Å². The molecule has 1 fully saturated rings. The smallest absolute Gasteiger partial charge is 0.0465 e. The van der Waals surface area contributed by atoms with Crippen LogP contribution in [0.25, 0.3) is 0 Å². The van der Waals surface area contributed by atoms with Crippen molar-refractivity contribution in [3.8, 4) is 0 Å². The quantitative estimate of drug-likeness (QED) is 0.746. The van der Waals surface area contributed by atoms with Crippen molar-refractivity contribution in [3.63, 3.8) is 0 Å². The summed E-state index contributed by atoms with van der Waals surface area (Å²) in [6.07, 6.45) is 1.88. The highest BCUT2D eigenvalue weighted by Gasteiger charge is 2.26. The zero-order chi connectivity index (χ0) is 12.0. The zero-order valence-corrected chi connectivity index (χ0v) is 10.6. The van der Waals surface area contributed by atoms with Crippen molar-refractivity contribution in [1.29, 1.82) is 0 Å². The summed E-state index contributed by atoms with van der Waals surface area (Å²) in [5.74, 6) is 0. The Hall–Kier alpha value is -0.710. The molecule has 1 heterocycles. The molecule has 1 aromatic rings. The van der Waals surface area contributed by atoms with Crippen LogP contribution in [0.15, 0.2) is 30.3 Å². The van der Waals surface area contributed by atoms with Crippen LogP contribution in [0.1, 0.15) is 38.3 Å². The summed E-state index contributed by atoms with van der Waals surface area (Å²) < 4.78 is 23.3. The molecule has 0 N–H and O–H groups in total. The summed E-state index contributed by atoms with van der Waals surface area (Å²) in [4.78, 5) is 0. The van der Waals surface area contributed by atoms with Crippen molar-refractivity contribution < 1.29 is 8.76 Å². The molecule has 0 saturated carbocycles. The van der Waals surface area contributed by atoms with Gasteiger partial charge in [-0.2, -0.15) is 0 Å². The molecule has 1 aliphatic rings. The van der Waals surface area contributed by atoms with Gasteiger partial charge in [0.1, 0.15) is 0 Å². The second-order valence-corrected chi connectivity index (χ2v) is 4.33. The first-order valence-electron chi connectivity index (χ1n) is 5.70. The van der Waals surface area contributed by atoms with Gasteiger partial charge in [0.05, 0.1) is 0 Å². The third-order valence-corrected chi connectivity index (χ3v) is 3.40. The molecular formula is C12H18NO2S-. The van der Waals surface area contributed by atoms with E-state index in [4.69, 9.17) is 0 Å². The Morgan fingerprint density at radius 2 is 1.94 bits per heavy atom. The van der Waals surface area contributed by atoms with Crippen molar-refractivity contribution in [2.45, 2.75) is 32.7 Å². The Labute approximate surface area is 99.9 Å². The molecule has 0 radical (unpaired) electrons. The van der Waals surface area contributed by atoms with Crippen LogP contribution in [0.5, 0.6) is 0 Å². The first-order chi connectivity index (χ1) is 7.79. The maximum absolute atomic E-state index is 10.9. The monoisotopic (exact) mass is 240 g/mol. The average Bonchev–Trinajstić information content (AvgIpc) is 2.82. The van der Waals surface area contributed by atoms with E-state index in [-0.39, 0.29) is 6.04 Å². The van der Waals surface area contributed by atoms with Crippen molar-refractivity contribution in [1.82, 2.24) is 4.31 Å². The molecule has 2 rings (SSSR count). The summed E-state index contributed by atoms with van der Waals surface area (Å²) in [6.45, 7) is 4.65. The summed E-state index contributed by atoms with van der Waals surface area (Å²) in [5, 5.41) is 0. The Kier molecular flexibility index (Phi) is 5.66. The van der Waals surface area contributed by atoms with Crippen LogP contribution in [-0.4, -0.2) is 19.6 Å². The number of benzene rings is 1. The standard InChI is InChI=1S/C10H13NO2S.C2H6/c12-14(13)11-8-4-7-10(11)9-5-2-1-3-6-9;1-2/h1-3,5-6,10H,4,7-8H2,(H,12,13);1-2H3/p-1/t10-;/m1./s1. The van der Waals surface area contributed by atoms with E-state index >= 15 is 0 Å². The second kappa shape index (κ2) is 6.78. The first kappa shape index (κ1) is 13.4. The lowest BCUT2D eigenvalue weighted by atomic mass is 10.1. The number of hydrogen-bond donors (Lipinski definition) is 0. The molecule has 1 aliphatic heterocycles. The Morgan fingerprint density at radius 3 is 2.50 bits per heavy atom. The van der Waals surface area contributed by atoms with E-state index in [1.165, 1.54) is 4.31 Å². The van der Waals surface area contributed by atoms with Crippen LogP contribution >= 0.6 is 0 Å². The average molecular weight is 240 g/mol. The summed E-state index contributed by atoms with van der Waals surface area (Å²) in [5.41, 5.74) is 1.09. The Bertz CT molecular complexity index is 329. The van der Waals surface area contributed by atoms with Gasteiger partial charge in [-0.15, -0.1) is 0 Å². The minimum absolute atomic E-state index is 0.0505. The summed E-state index contributed by atoms with van der Waals surface area (Å²) in [7, 11) is 0.